The number of para-hydroxylation sites is 1. The fourth-order valence-electron chi connectivity index (χ4n) is 2.43. The molecule has 0 saturated carbocycles. The van der Waals surface area contributed by atoms with E-state index in [4.69, 9.17) is 0 Å². The first-order chi connectivity index (χ1) is 11.1. The van der Waals surface area contributed by atoms with Crippen molar-refractivity contribution in [2.45, 2.75) is 26.4 Å². The van der Waals surface area contributed by atoms with Gasteiger partial charge in [0.05, 0.1) is 17.6 Å². The van der Waals surface area contributed by atoms with E-state index < -0.39 is 0 Å². The van der Waals surface area contributed by atoms with E-state index in [0.29, 0.717) is 6.54 Å². The van der Waals surface area contributed by atoms with Gasteiger partial charge < -0.3 is 5.32 Å². The number of pyridine rings is 1. The first kappa shape index (κ1) is 15.4. The third-order valence-corrected chi connectivity index (χ3v) is 3.85. The molecule has 0 aliphatic rings. The Hall–Kier alpha value is -2.53. The molecule has 3 aromatic rings. The lowest BCUT2D eigenvalue weighted by Gasteiger charge is -2.13. The van der Waals surface area contributed by atoms with E-state index in [1.165, 1.54) is 12.3 Å². The Bertz CT molecular complexity index is 783. The molecular weight excluding hydrogens is 291 g/mol. The maximum absolute atomic E-state index is 13.2. The molecule has 0 amide bonds. The van der Waals surface area contributed by atoms with Crippen molar-refractivity contribution in [3.63, 3.8) is 0 Å². The Labute approximate surface area is 135 Å². The molecule has 23 heavy (non-hydrogen) atoms. The van der Waals surface area contributed by atoms with Crippen molar-refractivity contribution >= 4 is 0 Å². The molecular formula is C18H19FN4. The molecule has 4 nitrogen and oxygen atoms in total. The molecule has 0 aliphatic heterocycles. The number of aryl methyl sites for hydroxylation is 1. The molecule has 0 radical (unpaired) electrons. The van der Waals surface area contributed by atoms with E-state index in [-0.39, 0.29) is 11.9 Å². The number of nitrogens with zero attached hydrogens (tertiary/aromatic N) is 3. The summed E-state index contributed by atoms with van der Waals surface area (Å²) in [6.07, 6.45) is 4.92. The first-order valence-electron chi connectivity index (χ1n) is 7.58. The third-order valence-electron chi connectivity index (χ3n) is 3.85. The highest BCUT2D eigenvalue weighted by atomic mass is 19.1. The number of nitrogens with one attached hydrogen (secondary N) is 1. The maximum Gasteiger partial charge on any atom is 0.141 e. The molecule has 3 rings (SSSR count). The lowest BCUT2D eigenvalue weighted by Crippen LogP contribution is -2.18. The minimum absolute atomic E-state index is 0.0117. The molecule has 0 aliphatic carbocycles. The largest absolute Gasteiger partial charge is 0.306 e. The Morgan fingerprint density at radius 2 is 2.00 bits per heavy atom. The van der Waals surface area contributed by atoms with Crippen LogP contribution >= 0.6 is 0 Å². The van der Waals surface area contributed by atoms with Crippen molar-refractivity contribution < 1.29 is 4.39 Å². The Kier molecular flexibility index (Phi) is 4.48. The van der Waals surface area contributed by atoms with Gasteiger partial charge >= 0.3 is 0 Å². The van der Waals surface area contributed by atoms with Gasteiger partial charge in [-0.05, 0) is 37.6 Å². The second-order valence-electron chi connectivity index (χ2n) is 5.56. The van der Waals surface area contributed by atoms with E-state index in [0.717, 1.165) is 22.5 Å². The molecule has 1 N–H and O–H groups in total. The molecule has 0 spiro atoms. The number of rotatable bonds is 5. The van der Waals surface area contributed by atoms with Crippen LogP contribution in [0.25, 0.3) is 5.69 Å². The zero-order valence-corrected chi connectivity index (χ0v) is 13.2. The van der Waals surface area contributed by atoms with Crippen molar-refractivity contribution in [3.05, 3.63) is 77.6 Å². The minimum atomic E-state index is -0.316. The smallest absolute Gasteiger partial charge is 0.141 e. The summed E-state index contributed by atoms with van der Waals surface area (Å²) in [4.78, 5) is 3.89. The third kappa shape index (κ3) is 3.63. The average Bonchev–Trinajstić information content (AvgIpc) is 2.94. The van der Waals surface area contributed by atoms with E-state index in [9.17, 15) is 4.39 Å². The van der Waals surface area contributed by atoms with Crippen molar-refractivity contribution in [3.8, 4) is 5.69 Å². The van der Waals surface area contributed by atoms with Crippen molar-refractivity contribution in [1.82, 2.24) is 20.1 Å². The van der Waals surface area contributed by atoms with Crippen LogP contribution in [0.1, 0.15) is 29.8 Å². The number of hydrogen-bond acceptors (Lipinski definition) is 3. The van der Waals surface area contributed by atoms with Crippen LogP contribution in [-0.2, 0) is 6.54 Å². The summed E-state index contributed by atoms with van der Waals surface area (Å²) in [7, 11) is 0. The lowest BCUT2D eigenvalue weighted by molar-refractivity contribution is 0.560. The quantitative estimate of drug-likeness (QED) is 0.783. The Morgan fingerprint density at radius 3 is 2.74 bits per heavy atom. The minimum Gasteiger partial charge on any atom is -0.306 e. The first-order valence-corrected chi connectivity index (χ1v) is 7.58. The van der Waals surface area contributed by atoms with Crippen LogP contribution < -0.4 is 5.32 Å². The van der Waals surface area contributed by atoms with Crippen molar-refractivity contribution in [2.24, 2.45) is 0 Å². The highest BCUT2D eigenvalue weighted by Gasteiger charge is 2.10. The summed E-state index contributed by atoms with van der Waals surface area (Å²) in [5.74, 6) is -0.316. The molecule has 5 heteroatoms. The summed E-state index contributed by atoms with van der Waals surface area (Å²) in [5.41, 5.74) is 3.96. The monoisotopic (exact) mass is 310 g/mol. The molecule has 2 aromatic heterocycles. The summed E-state index contributed by atoms with van der Waals surface area (Å²) < 4.78 is 15.1. The molecule has 0 saturated heterocycles. The van der Waals surface area contributed by atoms with E-state index in [2.05, 4.69) is 15.4 Å². The van der Waals surface area contributed by atoms with Gasteiger partial charge in [0.1, 0.15) is 5.82 Å². The molecule has 1 atom stereocenters. The van der Waals surface area contributed by atoms with E-state index >= 15 is 0 Å². The van der Waals surface area contributed by atoms with Gasteiger partial charge in [-0.3, -0.25) is 4.98 Å². The molecule has 0 bridgehead atoms. The fourth-order valence-corrected chi connectivity index (χ4v) is 2.43. The standard InChI is InChI=1S/C18H19FN4/c1-13(15-8-17(19)11-20-9-15)21-10-16-12-23(22-14(16)2)18-6-4-3-5-7-18/h3-9,11-13,21H,10H2,1-2H3/t13-/m0/s1. The van der Waals surface area contributed by atoms with Crippen molar-refractivity contribution in [2.75, 3.05) is 0 Å². The second-order valence-corrected chi connectivity index (χ2v) is 5.56. The zero-order valence-electron chi connectivity index (χ0n) is 13.2. The summed E-state index contributed by atoms with van der Waals surface area (Å²) >= 11 is 0. The van der Waals surface area contributed by atoms with Gasteiger partial charge in [-0.15, -0.1) is 0 Å². The second kappa shape index (κ2) is 6.71. The number of benzene rings is 1. The number of aromatic nitrogens is 3. The topological polar surface area (TPSA) is 42.7 Å². The van der Waals surface area contributed by atoms with Gasteiger partial charge in [-0.1, -0.05) is 18.2 Å². The number of halogens is 1. The fraction of sp³-hybridized carbons (Fsp3) is 0.222. The van der Waals surface area contributed by atoms with E-state index in [1.54, 1.807) is 6.20 Å². The van der Waals surface area contributed by atoms with Gasteiger partial charge in [-0.25, -0.2) is 9.07 Å². The average molecular weight is 310 g/mol. The van der Waals surface area contributed by atoms with Crippen LogP contribution in [0.3, 0.4) is 0 Å². The SMILES string of the molecule is Cc1nn(-c2ccccc2)cc1CN[C@@H](C)c1cncc(F)c1. The highest BCUT2D eigenvalue weighted by molar-refractivity contribution is 5.32. The Morgan fingerprint density at radius 1 is 1.22 bits per heavy atom. The van der Waals surface area contributed by atoms with Crippen LogP contribution in [0.2, 0.25) is 0 Å². The number of hydrogen-bond donors (Lipinski definition) is 1. The maximum atomic E-state index is 13.2. The predicted octanol–water partition coefficient (Wildman–Crippen LogP) is 3.57. The zero-order chi connectivity index (χ0) is 16.2. The van der Waals surface area contributed by atoms with Crippen LogP contribution in [-0.4, -0.2) is 14.8 Å². The summed E-state index contributed by atoms with van der Waals surface area (Å²) in [6.45, 7) is 4.65. The van der Waals surface area contributed by atoms with Gasteiger partial charge in [0.25, 0.3) is 0 Å². The highest BCUT2D eigenvalue weighted by Crippen LogP contribution is 2.15. The summed E-state index contributed by atoms with van der Waals surface area (Å²) in [6, 6.07) is 11.5. The predicted molar refractivity (Wildman–Crippen MR) is 87.8 cm³/mol. The van der Waals surface area contributed by atoms with Crippen LogP contribution in [0, 0.1) is 12.7 Å². The normalized spacial score (nSPS) is 12.3. The lowest BCUT2D eigenvalue weighted by atomic mass is 10.1. The van der Waals surface area contributed by atoms with Crippen LogP contribution in [0.15, 0.2) is 55.0 Å². The van der Waals surface area contributed by atoms with Gasteiger partial charge in [0.15, 0.2) is 0 Å². The summed E-state index contributed by atoms with van der Waals surface area (Å²) in [5, 5.41) is 7.94. The van der Waals surface area contributed by atoms with Gasteiger partial charge in [0, 0.05) is 30.5 Å². The molecule has 2 heterocycles. The van der Waals surface area contributed by atoms with Gasteiger partial charge in [0.2, 0.25) is 0 Å². The van der Waals surface area contributed by atoms with Crippen molar-refractivity contribution in [1.29, 1.82) is 0 Å². The molecule has 0 fully saturated rings. The van der Waals surface area contributed by atoms with Crippen LogP contribution in [0.5, 0.6) is 0 Å². The Balaban J connectivity index is 1.70. The molecule has 118 valence electrons. The molecule has 1 aromatic carbocycles. The van der Waals surface area contributed by atoms with Crippen LogP contribution in [0.4, 0.5) is 4.39 Å². The molecule has 0 unspecified atom stereocenters. The van der Waals surface area contributed by atoms with E-state index in [1.807, 2.05) is 55.1 Å². The van der Waals surface area contributed by atoms with Gasteiger partial charge in [-0.2, -0.15) is 5.10 Å².